The summed E-state index contributed by atoms with van der Waals surface area (Å²) in [5, 5.41) is 7.68. The van der Waals surface area contributed by atoms with Gasteiger partial charge in [-0.25, -0.2) is 9.98 Å². The van der Waals surface area contributed by atoms with E-state index in [9.17, 15) is 0 Å². The first-order valence-corrected chi connectivity index (χ1v) is 9.02. The van der Waals surface area contributed by atoms with Crippen molar-refractivity contribution in [3.05, 3.63) is 50.4 Å². The van der Waals surface area contributed by atoms with Crippen LogP contribution in [0.3, 0.4) is 0 Å². The van der Waals surface area contributed by atoms with Gasteiger partial charge in [-0.15, -0.1) is 11.3 Å². The SMILES string of the molecule is CCNC(=NCc1ccc(Br)cc1)NCc1ncc(CC)s1. The zero-order valence-electron chi connectivity index (χ0n) is 12.9. The van der Waals surface area contributed by atoms with Gasteiger partial charge in [-0.3, -0.25) is 0 Å². The molecule has 0 unspecified atom stereocenters. The van der Waals surface area contributed by atoms with Gasteiger partial charge in [-0.1, -0.05) is 35.0 Å². The van der Waals surface area contributed by atoms with Gasteiger partial charge in [0.2, 0.25) is 0 Å². The van der Waals surface area contributed by atoms with Crippen LogP contribution in [0.2, 0.25) is 0 Å². The molecule has 6 heteroatoms. The number of hydrogen-bond donors (Lipinski definition) is 2. The molecular formula is C16H21BrN4S. The van der Waals surface area contributed by atoms with E-state index in [0.717, 1.165) is 28.4 Å². The Kier molecular flexibility index (Phi) is 6.86. The standard InChI is InChI=1S/C16H21BrN4S/c1-3-14-10-19-15(22-14)11-21-16(18-4-2)20-9-12-5-7-13(17)8-6-12/h5-8,10H,3-4,9,11H2,1-2H3,(H2,18,20,21). The van der Waals surface area contributed by atoms with Gasteiger partial charge in [0.1, 0.15) is 5.01 Å². The van der Waals surface area contributed by atoms with Crippen molar-refractivity contribution in [2.24, 2.45) is 4.99 Å². The average molecular weight is 381 g/mol. The summed E-state index contributed by atoms with van der Waals surface area (Å²) in [7, 11) is 0. The van der Waals surface area contributed by atoms with Gasteiger partial charge in [-0.05, 0) is 31.0 Å². The Morgan fingerprint density at radius 2 is 2.00 bits per heavy atom. The minimum atomic E-state index is 0.653. The Hall–Kier alpha value is -1.40. The van der Waals surface area contributed by atoms with Gasteiger partial charge < -0.3 is 10.6 Å². The topological polar surface area (TPSA) is 49.3 Å². The van der Waals surface area contributed by atoms with Crippen LogP contribution in [0.1, 0.15) is 29.3 Å². The highest BCUT2D eigenvalue weighted by atomic mass is 79.9. The minimum Gasteiger partial charge on any atom is -0.357 e. The summed E-state index contributed by atoms with van der Waals surface area (Å²) in [5.74, 6) is 0.818. The molecule has 22 heavy (non-hydrogen) atoms. The lowest BCUT2D eigenvalue weighted by atomic mass is 10.2. The summed E-state index contributed by atoms with van der Waals surface area (Å²) < 4.78 is 1.08. The van der Waals surface area contributed by atoms with E-state index in [1.54, 1.807) is 11.3 Å². The molecule has 0 saturated carbocycles. The first-order chi connectivity index (χ1) is 10.7. The first-order valence-electron chi connectivity index (χ1n) is 7.41. The lowest BCUT2D eigenvalue weighted by Gasteiger charge is -2.10. The maximum atomic E-state index is 4.61. The number of hydrogen-bond acceptors (Lipinski definition) is 3. The van der Waals surface area contributed by atoms with E-state index in [4.69, 9.17) is 0 Å². The van der Waals surface area contributed by atoms with Crippen LogP contribution >= 0.6 is 27.3 Å². The van der Waals surface area contributed by atoms with Gasteiger partial charge >= 0.3 is 0 Å². The number of rotatable bonds is 6. The Labute approximate surface area is 144 Å². The molecule has 0 radical (unpaired) electrons. The van der Waals surface area contributed by atoms with Gasteiger partial charge in [0.15, 0.2) is 5.96 Å². The largest absolute Gasteiger partial charge is 0.357 e. The van der Waals surface area contributed by atoms with Crippen molar-refractivity contribution in [1.29, 1.82) is 0 Å². The van der Waals surface area contributed by atoms with Crippen molar-refractivity contribution in [3.63, 3.8) is 0 Å². The van der Waals surface area contributed by atoms with E-state index in [1.165, 1.54) is 10.4 Å². The highest BCUT2D eigenvalue weighted by molar-refractivity contribution is 9.10. The van der Waals surface area contributed by atoms with Gasteiger partial charge in [0.25, 0.3) is 0 Å². The molecule has 118 valence electrons. The molecule has 0 atom stereocenters. The zero-order valence-corrected chi connectivity index (χ0v) is 15.3. The van der Waals surface area contributed by atoms with Crippen molar-refractivity contribution < 1.29 is 0 Å². The number of aryl methyl sites for hydroxylation is 1. The Morgan fingerprint density at radius 3 is 2.64 bits per heavy atom. The molecule has 4 nitrogen and oxygen atoms in total. The van der Waals surface area contributed by atoms with Crippen LogP contribution in [0.4, 0.5) is 0 Å². The third kappa shape index (κ3) is 5.42. The van der Waals surface area contributed by atoms with E-state index < -0.39 is 0 Å². The van der Waals surface area contributed by atoms with Crippen molar-refractivity contribution in [3.8, 4) is 0 Å². The van der Waals surface area contributed by atoms with Gasteiger partial charge in [-0.2, -0.15) is 0 Å². The summed E-state index contributed by atoms with van der Waals surface area (Å²) in [6, 6.07) is 8.22. The number of halogens is 1. The highest BCUT2D eigenvalue weighted by Crippen LogP contribution is 2.13. The number of guanidine groups is 1. The van der Waals surface area contributed by atoms with Crippen LogP contribution in [-0.4, -0.2) is 17.5 Å². The van der Waals surface area contributed by atoms with E-state index in [1.807, 2.05) is 18.3 Å². The molecule has 0 saturated heterocycles. The second-order valence-electron chi connectivity index (χ2n) is 4.75. The fourth-order valence-electron chi connectivity index (χ4n) is 1.85. The molecule has 0 aliphatic heterocycles. The Bertz CT molecular complexity index is 607. The van der Waals surface area contributed by atoms with Crippen LogP contribution in [0.25, 0.3) is 0 Å². The number of nitrogens with one attached hydrogen (secondary N) is 2. The molecule has 2 aromatic rings. The average Bonchev–Trinajstić information content (AvgIpc) is 3.00. The molecule has 1 heterocycles. The molecule has 1 aromatic heterocycles. The van der Waals surface area contributed by atoms with Crippen molar-refractivity contribution in [2.45, 2.75) is 33.4 Å². The lowest BCUT2D eigenvalue weighted by molar-refractivity contribution is 0.811. The smallest absolute Gasteiger partial charge is 0.191 e. The zero-order chi connectivity index (χ0) is 15.8. The van der Waals surface area contributed by atoms with Crippen molar-refractivity contribution in [2.75, 3.05) is 6.54 Å². The third-order valence-corrected chi connectivity index (χ3v) is 4.70. The fraction of sp³-hybridized carbons (Fsp3) is 0.375. The summed E-state index contributed by atoms with van der Waals surface area (Å²) in [6.07, 6.45) is 2.99. The fourth-order valence-corrected chi connectivity index (χ4v) is 2.92. The van der Waals surface area contributed by atoms with Crippen LogP contribution in [0.5, 0.6) is 0 Å². The molecule has 0 fully saturated rings. The van der Waals surface area contributed by atoms with Crippen LogP contribution in [0, 0.1) is 0 Å². The lowest BCUT2D eigenvalue weighted by Crippen LogP contribution is -2.36. The number of thiazole rings is 1. The first kappa shape index (κ1) is 17.0. The molecule has 0 amide bonds. The molecule has 0 spiro atoms. The molecule has 0 aliphatic rings. The second kappa shape index (κ2) is 8.90. The van der Waals surface area contributed by atoms with Crippen molar-refractivity contribution in [1.82, 2.24) is 15.6 Å². The monoisotopic (exact) mass is 380 g/mol. The summed E-state index contributed by atoms with van der Waals surface area (Å²) in [5.41, 5.74) is 1.18. The summed E-state index contributed by atoms with van der Waals surface area (Å²) in [4.78, 5) is 10.3. The molecule has 1 aromatic carbocycles. The molecule has 2 N–H and O–H groups in total. The van der Waals surface area contributed by atoms with Gasteiger partial charge in [0, 0.05) is 22.1 Å². The van der Waals surface area contributed by atoms with E-state index in [0.29, 0.717) is 13.1 Å². The minimum absolute atomic E-state index is 0.653. The molecule has 0 aliphatic carbocycles. The predicted octanol–water partition coefficient (Wildman–Crippen LogP) is 3.72. The molecular weight excluding hydrogens is 360 g/mol. The van der Waals surface area contributed by atoms with Crippen molar-refractivity contribution >= 4 is 33.2 Å². The number of nitrogens with zero attached hydrogens (tertiary/aromatic N) is 2. The third-order valence-electron chi connectivity index (χ3n) is 3.03. The number of benzene rings is 1. The quantitative estimate of drug-likeness (QED) is 0.592. The van der Waals surface area contributed by atoms with E-state index >= 15 is 0 Å². The number of aromatic nitrogens is 1. The van der Waals surface area contributed by atoms with E-state index in [-0.39, 0.29) is 0 Å². The normalized spacial score (nSPS) is 11.5. The molecule has 0 bridgehead atoms. The highest BCUT2D eigenvalue weighted by Gasteiger charge is 2.02. The predicted molar refractivity (Wildman–Crippen MR) is 97.3 cm³/mol. The van der Waals surface area contributed by atoms with E-state index in [2.05, 4.69) is 62.5 Å². The second-order valence-corrected chi connectivity index (χ2v) is 6.86. The maximum absolute atomic E-state index is 4.61. The Morgan fingerprint density at radius 1 is 1.23 bits per heavy atom. The summed E-state index contributed by atoms with van der Waals surface area (Å²) in [6.45, 7) is 6.41. The number of aliphatic imine (C=N–C) groups is 1. The van der Waals surface area contributed by atoms with Crippen LogP contribution < -0.4 is 10.6 Å². The van der Waals surface area contributed by atoms with Crippen LogP contribution in [0.15, 0.2) is 39.9 Å². The summed E-state index contributed by atoms with van der Waals surface area (Å²) >= 11 is 5.19. The maximum Gasteiger partial charge on any atom is 0.191 e. The van der Waals surface area contributed by atoms with Crippen LogP contribution in [-0.2, 0) is 19.5 Å². The Balaban J connectivity index is 1.93. The van der Waals surface area contributed by atoms with Gasteiger partial charge in [0.05, 0.1) is 13.1 Å². The molecule has 2 rings (SSSR count).